The van der Waals surface area contributed by atoms with Crippen molar-refractivity contribution in [2.45, 2.75) is 26.4 Å². The summed E-state index contributed by atoms with van der Waals surface area (Å²) in [7, 11) is 1.94. The SMILES string of the molecule is CCc1nccn1Cc1ccc(CNC)cn1. The number of pyridine rings is 1. The van der Waals surface area contributed by atoms with Crippen molar-refractivity contribution in [2.75, 3.05) is 7.05 Å². The Kier molecular flexibility index (Phi) is 3.88. The fourth-order valence-electron chi connectivity index (χ4n) is 1.83. The number of nitrogens with zero attached hydrogens (tertiary/aromatic N) is 3. The molecule has 2 rings (SSSR count). The van der Waals surface area contributed by atoms with Crippen LogP contribution in [-0.2, 0) is 19.5 Å². The van der Waals surface area contributed by atoms with E-state index in [1.54, 1.807) is 0 Å². The molecular weight excluding hydrogens is 212 g/mol. The molecule has 90 valence electrons. The molecule has 0 saturated heterocycles. The van der Waals surface area contributed by atoms with Crippen LogP contribution in [0.1, 0.15) is 24.0 Å². The Hall–Kier alpha value is -1.68. The van der Waals surface area contributed by atoms with E-state index in [0.717, 1.165) is 31.0 Å². The maximum Gasteiger partial charge on any atom is 0.108 e. The first kappa shape index (κ1) is 11.8. The van der Waals surface area contributed by atoms with Gasteiger partial charge in [-0.05, 0) is 18.7 Å². The lowest BCUT2D eigenvalue weighted by atomic mass is 10.2. The maximum atomic E-state index is 4.46. The summed E-state index contributed by atoms with van der Waals surface area (Å²) in [6.07, 6.45) is 6.72. The lowest BCUT2D eigenvalue weighted by molar-refractivity contribution is 0.714. The van der Waals surface area contributed by atoms with Crippen LogP contribution >= 0.6 is 0 Å². The van der Waals surface area contributed by atoms with E-state index < -0.39 is 0 Å². The Morgan fingerprint density at radius 3 is 2.82 bits per heavy atom. The molecule has 0 fully saturated rings. The highest BCUT2D eigenvalue weighted by Crippen LogP contribution is 2.05. The third kappa shape index (κ3) is 2.91. The van der Waals surface area contributed by atoms with Crippen LogP contribution in [0, 0.1) is 0 Å². The van der Waals surface area contributed by atoms with Crippen molar-refractivity contribution in [3.05, 3.63) is 47.8 Å². The lowest BCUT2D eigenvalue weighted by Gasteiger charge is -2.06. The molecule has 0 atom stereocenters. The van der Waals surface area contributed by atoms with E-state index in [1.165, 1.54) is 5.56 Å². The van der Waals surface area contributed by atoms with E-state index in [1.807, 2.05) is 25.6 Å². The average Bonchev–Trinajstić information content (AvgIpc) is 2.79. The molecule has 0 aliphatic carbocycles. The quantitative estimate of drug-likeness (QED) is 0.848. The van der Waals surface area contributed by atoms with Crippen molar-refractivity contribution in [1.29, 1.82) is 0 Å². The van der Waals surface area contributed by atoms with Gasteiger partial charge in [0.25, 0.3) is 0 Å². The molecule has 4 heteroatoms. The van der Waals surface area contributed by atoms with E-state index in [4.69, 9.17) is 0 Å². The molecule has 0 bridgehead atoms. The van der Waals surface area contributed by atoms with E-state index in [0.29, 0.717) is 0 Å². The molecule has 0 saturated carbocycles. The molecule has 2 aromatic rings. The normalized spacial score (nSPS) is 10.7. The number of hydrogen-bond acceptors (Lipinski definition) is 3. The Balaban J connectivity index is 2.08. The van der Waals surface area contributed by atoms with Crippen LogP contribution in [0.15, 0.2) is 30.7 Å². The van der Waals surface area contributed by atoms with Crippen LogP contribution in [0.2, 0.25) is 0 Å². The first-order valence-corrected chi connectivity index (χ1v) is 5.92. The second-order valence-corrected chi connectivity index (χ2v) is 4.01. The van der Waals surface area contributed by atoms with Crippen molar-refractivity contribution in [3.63, 3.8) is 0 Å². The molecule has 0 spiro atoms. The largest absolute Gasteiger partial charge is 0.329 e. The summed E-state index contributed by atoms with van der Waals surface area (Å²) in [6, 6.07) is 4.19. The molecule has 0 aliphatic rings. The van der Waals surface area contributed by atoms with Crippen molar-refractivity contribution in [3.8, 4) is 0 Å². The summed E-state index contributed by atoms with van der Waals surface area (Å²) < 4.78 is 2.14. The van der Waals surface area contributed by atoms with E-state index in [-0.39, 0.29) is 0 Å². The highest BCUT2D eigenvalue weighted by atomic mass is 15.1. The van der Waals surface area contributed by atoms with Gasteiger partial charge in [0.1, 0.15) is 5.82 Å². The van der Waals surface area contributed by atoms with Gasteiger partial charge in [0.2, 0.25) is 0 Å². The van der Waals surface area contributed by atoms with Gasteiger partial charge in [0.15, 0.2) is 0 Å². The van der Waals surface area contributed by atoms with Gasteiger partial charge in [0, 0.05) is 31.6 Å². The van der Waals surface area contributed by atoms with Gasteiger partial charge in [-0.15, -0.1) is 0 Å². The minimum atomic E-state index is 0.795. The average molecular weight is 230 g/mol. The monoisotopic (exact) mass is 230 g/mol. The first-order valence-electron chi connectivity index (χ1n) is 5.92. The van der Waals surface area contributed by atoms with Gasteiger partial charge in [0.05, 0.1) is 12.2 Å². The summed E-state index contributed by atoms with van der Waals surface area (Å²) in [5.41, 5.74) is 2.27. The second kappa shape index (κ2) is 5.59. The molecule has 1 N–H and O–H groups in total. The van der Waals surface area contributed by atoms with Gasteiger partial charge in [-0.3, -0.25) is 4.98 Å². The molecule has 17 heavy (non-hydrogen) atoms. The molecule has 2 aromatic heterocycles. The molecule has 0 amide bonds. The Labute approximate surface area is 102 Å². The Morgan fingerprint density at radius 2 is 2.18 bits per heavy atom. The fraction of sp³-hybridized carbons (Fsp3) is 0.385. The number of hydrogen-bond donors (Lipinski definition) is 1. The smallest absolute Gasteiger partial charge is 0.108 e. The predicted octanol–water partition coefficient (Wildman–Crippen LogP) is 1.61. The van der Waals surface area contributed by atoms with Crippen molar-refractivity contribution in [1.82, 2.24) is 19.9 Å². The second-order valence-electron chi connectivity index (χ2n) is 4.01. The zero-order valence-corrected chi connectivity index (χ0v) is 10.3. The van der Waals surface area contributed by atoms with E-state index in [2.05, 4.69) is 38.9 Å². The van der Waals surface area contributed by atoms with Gasteiger partial charge < -0.3 is 9.88 Å². The van der Waals surface area contributed by atoms with Crippen LogP contribution < -0.4 is 5.32 Å². The van der Waals surface area contributed by atoms with Crippen molar-refractivity contribution < 1.29 is 0 Å². The molecular formula is C13H18N4. The summed E-state index contributed by atoms with van der Waals surface area (Å²) in [4.78, 5) is 8.76. The lowest BCUT2D eigenvalue weighted by Crippen LogP contribution is -2.07. The van der Waals surface area contributed by atoms with Crippen LogP contribution in [-0.4, -0.2) is 21.6 Å². The highest BCUT2D eigenvalue weighted by Gasteiger charge is 2.02. The zero-order chi connectivity index (χ0) is 12.1. The highest BCUT2D eigenvalue weighted by molar-refractivity contribution is 5.14. The summed E-state index contributed by atoms with van der Waals surface area (Å²) in [5, 5.41) is 3.11. The van der Waals surface area contributed by atoms with Crippen LogP contribution in [0.5, 0.6) is 0 Å². The van der Waals surface area contributed by atoms with Crippen molar-refractivity contribution >= 4 is 0 Å². The number of aromatic nitrogens is 3. The maximum absolute atomic E-state index is 4.46. The molecule has 0 aromatic carbocycles. The van der Waals surface area contributed by atoms with Gasteiger partial charge in [-0.25, -0.2) is 4.98 Å². The van der Waals surface area contributed by atoms with Gasteiger partial charge >= 0.3 is 0 Å². The van der Waals surface area contributed by atoms with Crippen LogP contribution in [0.4, 0.5) is 0 Å². The van der Waals surface area contributed by atoms with E-state index >= 15 is 0 Å². The first-order chi connectivity index (χ1) is 8.33. The zero-order valence-electron chi connectivity index (χ0n) is 10.3. The number of aryl methyl sites for hydroxylation is 1. The minimum Gasteiger partial charge on any atom is -0.329 e. The standard InChI is InChI=1S/C13H18N4/c1-3-13-15-6-7-17(13)10-12-5-4-11(8-14-2)9-16-12/h4-7,9,14H,3,8,10H2,1-2H3. The molecule has 4 nitrogen and oxygen atoms in total. The van der Waals surface area contributed by atoms with Gasteiger partial charge in [-0.2, -0.15) is 0 Å². The predicted molar refractivity (Wildman–Crippen MR) is 67.7 cm³/mol. The molecule has 0 unspecified atom stereocenters. The third-order valence-electron chi connectivity index (χ3n) is 2.72. The summed E-state index contributed by atoms with van der Waals surface area (Å²) in [6.45, 7) is 3.77. The number of nitrogens with one attached hydrogen (secondary N) is 1. The van der Waals surface area contributed by atoms with Crippen LogP contribution in [0.3, 0.4) is 0 Å². The third-order valence-corrected chi connectivity index (χ3v) is 2.72. The molecule has 0 radical (unpaired) electrons. The molecule has 0 aliphatic heterocycles. The Morgan fingerprint density at radius 1 is 1.29 bits per heavy atom. The van der Waals surface area contributed by atoms with Crippen LogP contribution in [0.25, 0.3) is 0 Å². The number of imidazole rings is 1. The number of rotatable bonds is 5. The van der Waals surface area contributed by atoms with E-state index in [9.17, 15) is 0 Å². The van der Waals surface area contributed by atoms with Gasteiger partial charge in [-0.1, -0.05) is 13.0 Å². The Bertz CT molecular complexity index is 459. The van der Waals surface area contributed by atoms with Crippen molar-refractivity contribution in [2.24, 2.45) is 0 Å². The summed E-state index contributed by atoms with van der Waals surface area (Å²) in [5.74, 6) is 1.10. The summed E-state index contributed by atoms with van der Waals surface area (Å²) >= 11 is 0. The minimum absolute atomic E-state index is 0.795. The molecule has 2 heterocycles. The fourth-order valence-corrected chi connectivity index (χ4v) is 1.83. The topological polar surface area (TPSA) is 42.7 Å².